The fraction of sp³-hybridized carbons (Fsp3) is 0.600. The molecule has 0 saturated carbocycles. The van der Waals surface area contributed by atoms with Gasteiger partial charge >= 0.3 is 53.4 Å². The summed E-state index contributed by atoms with van der Waals surface area (Å²) in [6, 6.07) is 0. The van der Waals surface area contributed by atoms with Gasteiger partial charge in [0.15, 0.2) is 0 Å². The molecule has 0 unspecified atom stereocenters. The van der Waals surface area contributed by atoms with E-state index in [-0.39, 0.29) is 37.5 Å². The number of carbonyl (C=O) groups is 4. The van der Waals surface area contributed by atoms with Crippen LogP contribution in [0.3, 0.4) is 0 Å². The summed E-state index contributed by atoms with van der Waals surface area (Å²) in [4.78, 5) is 42.5. The molecule has 0 amide bonds. The Bertz CT molecular complexity index is 390. The smallest absolute Gasteiger partial charge is 1.00 e. The Morgan fingerprint density at radius 3 is 1.57 bits per heavy atom. The van der Waals surface area contributed by atoms with Gasteiger partial charge in [-0.05, 0) is 0 Å². The molecular formula is C10H17N2NaO8. The van der Waals surface area contributed by atoms with Gasteiger partial charge in [0, 0.05) is 6.54 Å². The van der Waals surface area contributed by atoms with Gasteiger partial charge in [-0.2, -0.15) is 0 Å². The van der Waals surface area contributed by atoms with Gasteiger partial charge < -0.3 is 27.2 Å². The van der Waals surface area contributed by atoms with E-state index >= 15 is 0 Å². The number of rotatable bonds is 11. The van der Waals surface area contributed by atoms with Crippen molar-refractivity contribution in [2.24, 2.45) is 0 Å². The minimum Gasteiger partial charge on any atom is -1.00 e. The van der Waals surface area contributed by atoms with Gasteiger partial charge in [0.25, 0.3) is 0 Å². The molecule has 21 heavy (non-hydrogen) atoms. The van der Waals surface area contributed by atoms with Gasteiger partial charge in [-0.1, -0.05) is 0 Å². The molecule has 0 aliphatic rings. The van der Waals surface area contributed by atoms with Gasteiger partial charge in [0.1, 0.15) is 0 Å². The summed E-state index contributed by atoms with van der Waals surface area (Å²) in [5, 5.41) is 39.4. The molecule has 0 atom stereocenters. The Morgan fingerprint density at radius 1 is 0.810 bits per heavy atom. The zero-order valence-corrected chi connectivity index (χ0v) is 13.5. The zero-order valence-electron chi connectivity index (χ0n) is 12.5. The SMILES string of the molecule is O=C(O)CNCC(CC(=O)O)(CC(=O)O)NCC(=O)O.[H-].[Na+]. The van der Waals surface area contributed by atoms with Crippen molar-refractivity contribution in [3.05, 3.63) is 0 Å². The summed E-state index contributed by atoms with van der Waals surface area (Å²) in [5.74, 6) is -5.16. The molecule has 0 radical (unpaired) electrons. The first-order chi connectivity index (χ1) is 9.17. The van der Waals surface area contributed by atoms with Gasteiger partial charge in [-0.3, -0.25) is 24.5 Å². The van der Waals surface area contributed by atoms with Crippen LogP contribution >= 0.6 is 0 Å². The van der Waals surface area contributed by atoms with Crippen LogP contribution in [0, 0.1) is 0 Å². The normalized spacial score (nSPS) is 10.5. The zero-order chi connectivity index (χ0) is 15.8. The number of carboxylic acid groups (broad SMARTS) is 4. The average Bonchev–Trinajstić information content (AvgIpc) is 2.24. The van der Waals surface area contributed by atoms with Crippen LogP contribution in [0.1, 0.15) is 14.3 Å². The third-order valence-electron chi connectivity index (χ3n) is 2.33. The first kappa shape index (κ1) is 22.1. The summed E-state index contributed by atoms with van der Waals surface area (Å²) in [6.07, 6.45) is -1.33. The van der Waals surface area contributed by atoms with E-state index in [4.69, 9.17) is 20.4 Å². The van der Waals surface area contributed by atoms with E-state index in [0.29, 0.717) is 0 Å². The number of hydrogen-bond acceptors (Lipinski definition) is 6. The largest absolute Gasteiger partial charge is 1.00 e. The molecule has 0 aromatic heterocycles. The third-order valence-corrected chi connectivity index (χ3v) is 2.33. The van der Waals surface area contributed by atoms with Crippen molar-refractivity contribution in [1.29, 1.82) is 0 Å². The molecule has 0 aromatic rings. The van der Waals surface area contributed by atoms with Crippen molar-refractivity contribution in [2.45, 2.75) is 18.4 Å². The van der Waals surface area contributed by atoms with Crippen LogP contribution in [0.2, 0.25) is 0 Å². The van der Waals surface area contributed by atoms with Crippen LogP contribution in [0.4, 0.5) is 0 Å². The Kier molecular flexibility index (Phi) is 11.1. The summed E-state index contributed by atoms with van der Waals surface area (Å²) >= 11 is 0. The standard InChI is InChI=1S/C10H16N2O8.Na.H/c13-6(14)1-10(2-7(15)16,12-4-9(19)20)5-11-3-8(17)18;;/h11-12H,1-5H2,(H,13,14)(H,15,16)(H,17,18)(H,19,20);;/q;+1;-1. The minimum absolute atomic E-state index is 0. The predicted molar refractivity (Wildman–Crippen MR) is 64.5 cm³/mol. The molecule has 0 spiro atoms. The fourth-order valence-corrected chi connectivity index (χ4v) is 1.63. The van der Waals surface area contributed by atoms with Gasteiger partial charge in [-0.25, -0.2) is 0 Å². The molecule has 0 fully saturated rings. The van der Waals surface area contributed by atoms with Crippen molar-refractivity contribution < 1.29 is 70.6 Å². The molecule has 116 valence electrons. The second kappa shape index (κ2) is 10.5. The van der Waals surface area contributed by atoms with Crippen molar-refractivity contribution in [3.63, 3.8) is 0 Å². The molecule has 0 aromatic carbocycles. The van der Waals surface area contributed by atoms with E-state index in [9.17, 15) is 19.2 Å². The van der Waals surface area contributed by atoms with Crippen LogP contribution in [0.25, 0.3) is 0 Å². The van der Waals surface area contributed by atoms with Crippen LogP contribution in [-0.2, 0) is 19.2 Å². The van der Waals surface area contributed by atoms with E-state index in [1.807, 2.05) is 0 Å². The maximum atomic E-state index is 10.8. The Balaban J connectivity index is -0.00000180. The summed E-state index contributed by atoms with van der Waals surface area (Å²) in [7, 11) is 0. The Hall–Kier alpha value is -1.20. The number of nitrogens with one attached hydrogen (secondary N) is 2. The molecule has 0 aliphatic heterocycles. The third kappa shape index (κ3) is 11.2. The van der Waals surface area contributed by atoms with Crippen LogP contribution in [0.15, 0.2) is 0 Å². The molecule has 0 heterocycles. The van der Waals surface area contributed by atoms with E-state index in [1.54, 1.807) is 0 Å². The maximum Gasteiger partial charge on any atom is 1.00 e. The first-order valence-corrected chi connectivity index (χ1v) is 5.50. The van der Waals surface area contributed by atoms with E-state index in [1.165, 1.54) is 0 Å². The van der Waals surface area contributed by atoms with Gasteiger partial charge in [0.2, 0.25) is 0 Å². The molecule has 0 aliphatic carbocycles. The monoisotopic (exact) mass is 316 g/mol. The quantitative estimate of drug-likeness (QED) is 0.203. The van der Waals surface area contributed by atoms with Crippen molar-refractivity contribution >= 4 is 23.9 Å². The summed E-state index contributed by atoms with van der Waals surface area (Å²) in [6.45, 7) is -1.46. The van der Waals surface area contributed by atoms with E-state index in [2.05, 4.69) is 10.6 Å². The molecule has 6 N–H and O–H groups in total. The van der Waals surface area contributed by atoms with Gasteiger partial charge in [-0.15, -0.1) is 0 Å². The van der Waals surface area contributed by atoms with Crippen LogP contribution in [0.5, 0.6) is 0 Å². The number of aliphatic carboxylic acids is 4. The van der Waals surface area contributed by atoms with Crippen LogP contribution < -0.4 is 40.2 Å². The van der Waals surface area contributed by atoms with Crippen molar-refractivity contribution in [3.8, 4) is 0 Å². The van der Waals surface area contributed by atoms with Gasteiger partial charge in [0.05, 0.1) is 31.5 Å². The minimum atomic E-state index is -1.59. The average molecular weight is 316 g/mol. The second-order valence-corrected chi connectivity index (χ2v) is 4.17. The summed E-state index contributed by atoms with van der Waals surface area (Å²) < 4.78 is 0. The second-order valence-electron chi connectivity index (χ2n) is 4.17. The molecular weight excluding hydrogens is 299 g/mol. The molecule has 0 rings (SSSR count). The number of hydrogen-bond donors (Lipinski definition) is 6. The Labute approximate surface area is 143 Å². The molecule has 0 bridgehead atoms. The fourth-order valence-electron chi connectivity index (χ4n) is 1.63. The Morgan fingerprint density at radius 2 is 1.24 bits per heavy atom. The maximum absolute atomic E-state index is 10.8. The van der Waals surface area contributed by atoms with Crippen molar-refractivity contribution in [2.75, 3.05) is 19.6 Å². The summed E-state index contributed by atoms with van der Waals surface area (Å²) in [5.41, 5.74) is -1.59. The van der Waals surface area contributed by atoms with Crippen molar-refractivity contribution in [1.82, 2.24) is 10.6 Å². The van der Waals surface area contributed by atoms with E-state index < -0.39 is 55.3 Å². The van der Waals surface area contributed by atoms with Crippen LogP contribution in [-0.4, -0.2) is 69.5 Å². The topological polar surface area (TPSA) is 173 Å². The molecule has 10 nitrogen and oxygen atoms in total. The molecule has 0 saturated heterocycles. The van der Waals surface area contributed by atoms with E-state index in [0.717, 1.165) is 0 Å². The number of carboxylic acids is 4. The predicted octanol–water partition coefficient (Wildman–Crippen LogP) is -4.86. The molecule has 11 heteroatoms. The first-order valence-electron chi connectivity index (χ1n) is 5.50.